The summed E-state index contributed by atoms with van der Waals surface area (Å²) in [4.78, 5) is 24.4. The molecule has 1 aliphatic heterocycles. The van der Waals surface area contributed by atoms with Crippen molar-refractivity contribution in [1.29, 1.82) is 0 Å². The molecule has 0 aliphatic carbocycles. The van der Waals surface area contributed by atoms with E-state index in [-0.39, 0.29) is 6.10 Å². The number of hydrogen-bond acceptors (Lipinski definition) is 9. The second-order valence-electron chi connectivity index (χ2n) is 7.42. The van der Waals surface area contributed by atoms with Crippen LogP contribution >= 0.6 is 22.7 Å². The zero-order valence-electron chi connectivity index (χ0n) is 17.7. The number of aromatic nitrogens is 2. The van der Waals surface area contributed by atoms with Gasteiger partial charge in [0, 0.05) is 24.0 Å². The summed E-state index contributed by atoms with van der Waals surface area (Å²) in [6.07, 6.45) is -0.00900. The predicted molar refractivity (Wildman–Crippen MR) is 125 cm³/mol. The number of amides is 1. The third-order valence-electron chi connectivity index (χ3n) is 4.67. The summed E-state index contributed by atoms with van der Waals surface area (Å²) in [7, 11) is 0. The number of primary amides is 1. The molecule has 3 N–H and O–H groups in total. The zero-order valence-corrected chi connectivity index (χ0v) is 19.3. The number of ether oxygens (including phenoxy) is 2. The molecule has 0 radical (unpaired) electrons. The monoisotopic (exact) mass is 459 g/mol. The largest absolute Gasteiger partial charge is 0.489 e. The van der Waals surface area contributed by atoms with Gasteiger partial charge in [-0.25, -0.2) is 9.97 Å². The fourth-order valence-corrected chi connectivity index (χ4v) is 5.07. The lowest BCUT2D eigenvalue weighted by Crippen LogP contribution is -2.36. The molecule has 0 unspecified atom stereocenters. The van der Waals surface area contributed by atoms with Crippen LogP contribution in [-0.4, -0.2) is 48.3 Å². The van der Waals surface area contributed by atoms with Crippen molar-refractivity contribution in [3.8, 4) is 16.3 Å². The smallest absolute Gasteiger partial charge is 0.248 e. The number of benzene rings is 1. The Kier molecular flexibility index (Phi) is 6.40. The molecule has 31 heavy (non-hydrogen) atoms. The van der Waals surface area contributed by atoms with Crippen molar-refractivity contribution in [2.45, 2.75) is 26.9 Å². The van der Waals surface area contributed by atoms with Gasteiger partial charge in [-0.3, -0.25) is 4.79 Å². The molecule has 3 aromatic rings. The van der Waals surface area contributed by atoms with E-state index in [0.29, 0.717) is 22.1 Å². The Labute approximate surface area is 189 Å². The normalized spacial score (nSPS) is 14.1. The van der Waals surface area contributed by atoms with Gasteiger partial charge in [0.25, 0.3) is 0 Å². The van der Waals surface area contributed by atoms with Gasteiger partial charge >= 0.3 is 0 Å². The van der Waals surface area contributed by atoms with Crippen LogP contribution in [0.2, 0.25) is 0 Å². The topological polar surface area (TPSA) is 103 Å². The number of anilines is 3. The van der Waals surface area contributed by atoms with Crippen molar-refractivity contribution >= 4 is 44.5 Å². The first-order valence-corrected chi connectivity index (χ1v) is 11.7. The molecule has 0 atom stereocenters. The van der Waals surface area contributed by atoms with Crippen molar-refractivity contribution in [2.24, 2.45) is 5.73 Å². The van der Waals surface area contributed by atoms with Crippen molar-refractivity contribution in [3.05, 3.63) is 34.8 Å². The first-order chi connectivity index (χ1) is 14.9. The van der Waals surface area contributed by atoms with Gasteiger partial charge in [-0.1, -0.05) is 11.3 Å². The van der Waals surface area contributed by atoms with E-state index >= 15 is 0 Å². The number of morpholine rings is 1. The average molecular weight is 460 g/mol. The maximum Gasteiger partial charge on any atom is 0.248 e. The first-order valence-electron chi connectivity index (χ1n) is 10.0. The third kappa shape index (κ3) is 4.97. The van der Waals surface area contributed by atoms with Crippen molar-refractivity contribution in [3.63, 3.8) is 0 Å². The van der Waals surface area contributed by atoms with E-state index in [1.165, 1.54) is 11.3 Å². The van der Waals surface area contributed by atoms with Crippen LogP contribution in [0.25, 0.3) is 10.6 Å². The summed E-state index contributed by atoms with van der Waals surface area (Å²) in [6, 6.07) is 5.10. The fraction of sp³-hybridized carbons (Fsp3) is 0.381. The van der Waals surface area contributed by atoms with E-state index < -0.39 is 5.91 Å². The molecule has 2 aromatic heterocycles. The summed E-state index contributed by atoms with van der Waals surface area (Å²) >= 11 is 3.13. The van der Waals surface area contributed by atoms with Crippen LogP contribution in [0.5, 0.6) is 5.75 Å². The van der Waals surface area contributed by atoms with Crippen LogP contribution < -0.4 is 20.7 Å². The molecule has 1 aliphatic rings. The Bertz CT molecular complexity index is 1070. The molecule has 164 valence electrons. The molecule has 10 heteroatoms. The Balaban J connectivity index is 1.58. The van der Waals surface area contributed by atoms with Crippen molar-refractivity contribution in [2.75, 3.05) is 36.5 Å². The van der Waals surface area contributed by atoms with E-state index in [4.69, 9.17) is 25.2 Å². The van der Waals surface area contributed by atoms with E-state index in [1.54, 1.807) is 29.5 Å². The lowest BCUT2D eigenvalue weighted by Gasteiger charge is -2.25. The molecule has 3 heterocycles. The highest BCUT2D eigenvalue weighted by Gasteiger charge is 2.19. The Morgan fingerprint density at radius 2 is 2.06 bits per heavy atom. The summed E-state index contributed by atoms with van der Waals surface area (Å²) in [5.74, 6) is 0.148. The lowest BCUT2D eigenvalue weighted by molar-refractivity contribution is 0.1000. The number of carbonyl (C=O) groups is 1. The van der Waals surface area contributed by atoms with Gasteiger partial charge in [-0.15, -0.1) is 11.3 Å². The van der Waals surface area contributed by atoms with Gasteiger partial charge in [0.15, 0.2) is 10.3 Å². The highest BCUT2D eigenvalue weighted by Crippen LogP contribution is 2.38. The number of hydrogen-bond donors (Lipinski definition) is 2. The number of thiazole rings is 2. The predicted octanol–water partition coefficient (Wildman–Crippen LogP) is 4.04. The summed E-state index contributed by atoms with van der Waals surface area (Å²) in [5, 5.41) is 6.99. The number of rotatable bonds is 7. The Morgan fingerprint density at radius 3 is 2.77 bits per heavy atom. The number of nitrogens with one attached hydrogen (secondary N) is 1. The van der Waals surface area contributed by atoms with Crippen LogP contribution in [0.1, 0.15) is 29.9 Å². The highest BCUT2D eigenvalue weighted by atomic mass is 32.1. The molecule has 0 bridgehead atoms. The second kappa shape index (κ2) is 9.21. The summed E-state index contributed by atoms with van der Waals surface area (Å²) in [5.41, 5.74) is 8.35. The van der Waals surface area contributed by atoms with Gasteiger partial charge in [-0.2, -0.15) is 0 Å². The summed E-state index contributed by atoms with van der Waals surface area (Å²) in [6.45, 7) is 9.06. The van der Waals surface area contributed by atoms with Crippen LogP contribution in [0.3, 0.4) is 0 Å². The summed E-state index contributed by atoms with van der Waals surface area (Å²) < 4.78 is 11.3. The molecular formula is C21H25N5O3S2. The first kappa shape index (κ1) is 21.5. The van der Waals surface area contributed by atoms with Gasteiger partial charge < -0.3 is 25.4 Å². The fourth-order valence-electron chi connectivity index (χ4n) is 3.20. The van der Waals surface area contributed by atoms with Crippen LogP contribution in [0.4, 0.5) is 16.0 Å². The minimum Gasteiger partial charge on any atom is -0.489 e. The van der Waals surface area contributed by atoms with E-state index in [1.807, 2.05) is 26.2 Å². The van der Waals surface area contributed by atoms with Gasteiger partial charge in [-0.05, 0) is 39.0 Å². The molecule has 1 saturated heterocycles. The molecule has 1 amide bonds. The lowest BCUT2D eigenvalue weighted by atomic mass is 10.1. The zero-order chi connectivity index (χ0) is 22.0. The number of nitrogens with zero attached hydrogens (tertiary/aromatic N) is 3. The molecule has 1 fully saturated rings. The average Bonchev–Trinajstić information content (AvgIpc) is 3.36. The van der Waals surface area contributed by atoms with Gasteiger partial charge in [0.1, 0.15) is 5.75 Å². The number of aryl methyl sites for hydroxylation is 1. The number of nitrogens with two attached hydrogens (primary N) is 1. The second-order valence-corrected chi connectivity index (χ2v) is 9.25. The van der Waals surface area contributed by atoms with Crippen LogP contribution in [0.15, 0.2) is 23.6 Å². The molecule has 8 nitrogen and oxygen atoms in total. The van der Waals surface area contributed by atoms with Gasteiger partial charge in [0.05, 0.1) is 41.3 Å². The maximum absolute atomic E-state index is 11.6. The molecular weight excluding hydrogens is 434 g/mol. The molecule has 4 rings (SSSR count). The minimum atomic E-state index is -0.491. The van der Waals surface area contributed by atoms with E-state index in [0.717, 1.165) is 47.7 Å². The third-order valence-corrected chi connectivity index (χ3v) is 6.67. The minimum absolute atomic E-state index is 0.00900. The Hall–Kier alpha value is -2.69. The standard InChI is InChI=1S/C21H25N5O3S2/c1-12(2)29-17-5-4-14(19(22)27)10-15(17)24-20-25-16(11-30-20)18-13(3)23-21(31-18)26-6-8-28-9-7-26/h4-5,10-12H,6-9H2,1-3H3,(H2,22,27)(H,24,25). The van der Waals surface area contributed by atoms with Crippen LogP contribution in [0, 0.1) is 6.92 Å². The molecule has 1 aromatic carbocycles. The Morgan fingerprint density at radius 1 is 1.29 bits per heavy atom. The highest BCUT2D eigenvalue weighted by molar-refractivity contribution is 7.19. The SMILES string of the molecule is Cc1nc(N2CCOCC2)sc1-c1csc(Nc2cc(C(N)=O)ccc2OC(C)C)n1. The van der Waals surface area contributed by atoms with Crippen molar-refractivity contribution < 1.29 is 14.3 Å². The quantitative estimate of drug-likeness (QED) is 0.550. The molecule has 0 saturated carbocycles. The van der Waals surface area contributed by atoms with Crippen molar-refractivity contribution in [1.82, 2.24) is 9.97 Å². The maximum atomic E-state index is 11.6. The van der Waals surface area contributed by atoms with Crippen LogP contribution in [-0.2, 0) is 4.74 Å². The number of carbonyl (C=O) groups excluding carboxylic acids is 1. The van der Waals surface area contributed by atoms with E-state index in [9.17, 15) is 4.79 Å². The van der Waals surface area contributed by atoms with Gasteiger partial charge in [0.2, 0.25) is 5.91 Å². The van der Waals surface area contributed by atoms with E-state index in [2.05, 4.69) is 10.2 Å². The molecule has 0 spiro atoms.